The van der Waals surface area contributed by atoms with Crippen LogP contribution in [0.1, 0.15) is 6.92 Å². The highest BCUT2D eigenvalue weighted by molar-refractivity contribution is 6.33. The lowest BCUT2D eigenvalue weighted by Crippen LogP contribution is -2.32. The lowest BCUT2D eigenvalue weighted by atomic mass is 10.2. The van der Waals surface area contributed by atoms with Gasteiger partial charge in [0.05, 0.1) is 39.1 Å². The summed E-state index contributed by atoms with van der Waals surface area (Å²) in [6.07, 6.45) is 0. The molecule has 0 radical (unpaired) electrons. The number of nitrogens with zero attached hydrogens (tertiary/aromatic N) is 2. The fourth-order valence-electron chi connectivity index (χ4n) is 2.58. The molecule has 2 aromatic carbocycles. The molecule has 0 spiro atoms. The van der Waals surface area contributed by atoms with Crippen LogP contribution >= 0.6 is 23.2 Å². The van der Waals surface area contributed by atoms with E-state index in [1.807, 2.05) is 0 Å². The fourth-order valence-corrected chi connectivity index (χ4v) is 3.07. The highest BCUT2D eigenvalue weighted by Gasteiger charge is 2.26. The number of carbonyl (C=O) groups excluding carboxylic acids is 2. The van der Waals surface area contributed by atoms with Gasteiger partial charge in [0, 0.05) is 29.3 Å². The molecule has 0 fully saturated rings. The van der Waals surface area contributed by atoms with E-state index in [1.165, 1.54) is 59.6 Å². The molecule has 1 amide bonds. The van der Waals surface area contributed by atoms with Gasteiger partial charge in [-0.2, -0.15) is 5.11 Å². The molecule has 2 aromatic rings. The summed E-state index contributed by atoms with van der Waals surface area (Å²) in [6, 6.07) is 4.58. The first kappa shape index (κ1) is 24.2. The molecule has 0 aromatic heterocycles. The second kappa shape index (κ2) is 10.8. The van der Waals surface area contributed by atoms with Crippen molar-refractivity contribution in [2.75, 3.05) is 33.8 Å². The number of Topliss-reactive ketones (excluding diaryl/α,β-unsaturated/α-hetero) is 1. The Hall–Kier alpha value is -3.04. The van der Waals surface area contributed by atoms with E-state index in [1.54, 1.807) is 0 Å². The van der Waals surface area contributed by atoms with Crippen LogP contribution in [0.25, 0.3) is 0 Å². The number of azo groups is 1. The van der Waals surface area contributed by atoms with E-state index in [0.717, 1.165) is 0 Å². The molecule has 1 unspecified atom stereocenters. The van der Waals surface area contributed by atoms with E-state index in [9.17, 15) is 9.59 Å². The Balaban J connectivity index is 2.40. The van der Waals surface area contributed by atoms with Gasteiger partial charge in [-0.15, -0.1) is 5.11 Å². The number of amides is 1. The number of ether oxygens (including phenoxy) is 4. The van der Waals surface area contributed by atoms with Crippen LogP contribution in [0.5, 0.6) is 23.0 Å². The number of ketones is 1. The van der Waals surface area contributed by atoms with Gasteiger partial charge in [0.15, 0.2) is 28.7 Å². The first-order valence-corrected chi connectivity index (χ1v) is 9.56. The largest absolute Gasteiger partial charge is 0.497 e. The predicted molar refractivity (Wildman–Crippen MR) is 117 cm³/mol. The molecule has 1 atom stereocenters. The van der Waals surface area contributed by atoms with Gasteiger partial charge in [0.1, 0.15) is 5.75 Å². The Labute approximate surface area is 189 Å². The van der Waals surface area contributed by atoms with Crippen molar-refractivity contribution in [3.8, 4) is 23.0 Å². The number of hydrogen-bond donors (Lipinski definition) is 1. The van der Waals surface area contributed by atoms with Gasteiger partial charge >= 0.3 is 0 Å². The molecule has 9 nitrogen and oxygen atoms in total. The summed E-state index contributed by atoms with van der Waals surface area (Å²) in [5.41, 5.74) is 0.385. The minimum atomic E-state index is -1.46. The van der Waals surface area contributed by atoms with E-state index < -0.39 is 17.7 Å². The van der Waals surface area contributed by atoms with Gasteiger partial charge in [-0.3, -0.25) is 9.59 Å². The first-order chi connectivity index (χ1) is 14.7. The zero-order valence-corrected chi connectivity index (χ0v) is 19.0. The number of carbonyl (C=O) groups is 2. The minimum absolute atomic E-state index is 0.176. The molecule has 11 heteroatoms. The average molecular weight is 470 g/mol. The molecule has 2 rings (SSSR count). The van der Waals surface area contributed by atoms with Crippen LogP contribution in [0, 0.1) is 0 Å². The van der Waals surface area contributed by atoms with Crippen molar-refractivity contribution in [3.63, 3.8) is 0 Å². The van der Waals surface area contributed by atoms with Crippen molar-refractivity contribution in [1.29, 1.82) is 0 Å². The Morgan fingerprint density at radius 3 is 2.03 bits per heavy atom. The van der Waals surface area contributed by atoms with Crippen LogP contribution in [0.2, 0.25) is 10.0 Å². The van der Waals surface area contributed by atoms with Gasteiger partial charge in [0.25, 0.3) is 5.91 Å². The topological polar surface area (TPSA) is 108 Å². The van der Waals surface area contributed by atoms with Crippen molar-refractivity contribution in [3.05, 3.63) is 34.3 Å². The van der Waals surface area contributed by atoms with E-state index in [4.69, 9.17) is 42.1 Å². The number of hydrogen-bond acceptors (Lipinski definition) is 8. The van der Waals surface area contributed by atoms with Gasteiger partial charge in [-0.25, -0.2) is 0 Å². The maximum atomic E-state index is 12.8. The molecule has 31 heavy (non-hydrogen) atoms. The Morgan fingerprint density at radius 2 is 1.55 bits per heavy atom. The van der Waals surface area contributed by atoms with Crippen molar-refractivity contribution in [2.45, 2.75) is 13.0 Å². The van der Waals surface area contributed by atoms with Gasteiger partial charge in [0.2, 0.25) is 6.04 Å². The molecule has 0 heterocycles. The number of halogens is 2. The summed E-state index contributed by atoms with van der Waals surface area (Å²) in [7, 11) is 5.67. The van der Waals surface area contributed by atoms with E-state index in [2.05, 4.69) is 15.5 Å². The molecule has 0 saturated carbocycles. The van der Waals surface area contributed by atoms with Crippen LogP contribution in [0.3, 0.4) is 0 Å². The zero-order valence-electron chi connectivity index (χ0n) is 17.5. The maximum absolute atomic E-state index is 12.8. The Bertz CT molecular complexity index is 988. The number of anilines is 1. The van der Waals surface area contributed by atoms with Crippen LogP contribution in [0.4, 0.5) is 11.4 Å². The van der Waals surface area contributed by atoms with Gasteiger partial charge in [-0.1, -0.05) is 23.2 Å². The van der Waals surface area contributed by atoms with Crippen LogP contribution < -0.4 is 24.3 Å². The SMILES string of the molecule is COc1cc(Cl)c(OC)c(NC(=O)C(N=Nc2c(OC)cc(Cl)cc2OC)C(C)=O)c1. The summed E-state index contributed by atoms with van der Waals surface area (Å²) in [4.78, 5) is 24.9. The number of benzene rings is 2. The molecule has 0 aliphatic carbocycles. The molecular formula is C20H21Cl2N3O6. The minimum Gasteiger partial charge on any atom is -0.497 e. The molecular weight excluding hydrogens is 449 g/mol. The predicted octanol–water partition coefficient (Wildman–Crippen LogP) is 4.71. The number of rotatable bonds is 9. The molecule has 0 aliphatic rings. The third-order valence-corrected chi connectivity index (χ3v) is 4.56. The Morgan fingerprint density at radius 1 is 0.935 bits per heavy atom. The third kappa shape index (κ3) is 5.77. The van der Waals surface area contributed by atoms with Crippen molar-refractivity contribution >= 4 is 46.3 Å². The van der Waals surface area contributed by atoms with Crippen LogP contribution in [-0.4, -0.2) is 46.2 Å². The summed E-state index contributed by atoms with van der Waals surface area (Å²) in [5.74, 6) is -0.171. The number of methoxy groups -OCH3 is 4. The summed E-state index contributed by atoms with van der Waals surface area (Å²) in [6.45, 7) is 1.22. The third-order valence-electron chi connectivity index (χ3n) is 4.07. The summed E-state index contributed by atoms with van der Waals surface area (Å²) >= 11 is 12.2. The highest BCUT2D eigenvalue weighted by atomic mass is 35.5. The standard InChI is InChI=1S/C20H21Cl2N3O6/c1-10(26)17(24-25-18-15(29-3)6-11(21)7-16(18)30-4)20(27)23-14-9-12(28-2)8-13(22)19(14)31-5/h6-9,17H,1-5H3,(H,23,27). The summed E-state index contributed by atoms with van der Waals surface area (Å²) in [5, 5.41) is 11.1. The molecule has 0 saturated heterocycles. The van der Waals surface area contributed by atoms with Crippen molar-refractivity contribution in [2.24, 2.45) is 10.2 Å². The lowest BCUT2D eigenvalue weighted by Gasteiger charge is -2.15. The Kier molecular flexibility index (Phi) is 8.47. The zero-order chi connectivity index (χ0) is 23.1. The molecule has 1 N–H and O–H groups in total. The quantitative estimate of drug-likeness (QED) is 0.420. The molecule has 166 valence electrons. The number of nitrogens with one attached hydrogen (secondary N) is 1. The monoisotopic (exact) mass is 469 g/mol. The van der Waals surface area contributed by atoms with E-state index >= 15 is 0 Å². The molecule has 0 aliphatic heterocycles. The van der Waals surface area contributed by atoms with E-state index in [-0.39, 0.29) is 33.6 Å². The van der Waals surface area contributed by atoms with Crippen molar-refractivity contribution in [1.82, 2.24) is 0 Å². The lowest BCUT2D eigenvalue weighted by molar-refractivity contribution is -0.126. The first-order valence-electron chi connectivity index (χ1n) is 8.80. The van der Waals surface area contributed by atoms with Gasteiger partial charge in [-0.05, 0) is 6.92 Å². The van der Waals surface area contributed by atoms with Crippen LogP contribution in [-0.2, 0) is 9.59 Å². The summed E-state index contributed by atoms with van der Waals surface area (Å²) < 4.78 is 20.9. The van der Waals surface area contributed by atoms with E-state index in [0.29, 0.717) is 10.8 Å². The fraction of sp³-hybridized carbons (Fsp3) is 0.300. The van der Waals surface area contributed by atoms with Crippen molar-refractivity contribution < 1.29 is 28.5 Å². The second-order valence-electron chi connectivity index (χ2n) is 6.07. The molecule has 0 bridgehead atoms. The maximum Gasteiger partial charge on any atom is 0.258 e. The second-order valence-corrected chi connectivity index (χ2v) is 6.91. The van der Waals surface area contributed by atoms with Gasteiger partial charge < -0.3 is 24.3 Å². The normalized spacial score (nSPS) is 11.7. The average Bonchev–Trinajstić information content (AvgIpc) is 2.73. The van der Waals surface area contributed by atoms with Crippen LogP contribution in [0.15, 0.2) is 34.5 Å². The highest BCUT2D eigenvalue weighted by Crippen LogP contribution is 2.41. The smallest absolute Gasteiger partial charge is 0.258 e.